The van der Waals surface area contributed by atoms with E-state index in [0.29, 0.717) is 25.1 Å². The molecule has 242 valence electrons. The number of aromatic nitrogens is 2. The number of aryl methyl sites for hydroxylation is 1. The topological polar surface area (TPSA) is 214 Å². The van der Waals surface area contributed by atoms with Crippen LogP contribution in [0.15, 0.2) is 36.8 Å². The van der Waals surface area contributed by atoms with Crippen molar-refractivity contribution < 1.29 is 24.0 Å². The smallest absolute Gasteiger partial charge is 0.243 e. The molecule has 0 aliphatic carbocycles. The van der Waals surface area contributed by atoms with Crippen molar-refractivity contribution in [1.29, 1.82) is 0 Å². The van der Waals surface area contributed by atoms with Crippen LogP contribution in [0.5, 0.6) is 0 Å². The predicted octanol–water partition coefficient (Wildman–Crippen LogP) is 0.580. The number of hydrogen-bond acceptors (Lipinski definition) is 9. The second kappa shape index (κ2) is 18.0. The Kier molecular flexibility index (Phi) is 14.8. The van der Waals surface area contributed by atoms with Crippen molar-refractivity contribution in [1.82, 2.24) is 31.3 Å². The van der Waals surface area contributed by atoms with Crippen LogP contribution in [0.3, 0.4) is 0 Å². The molecule has 0 fully saturated rings. The zero-order valence-electron chi connectivity index (χ0n) is 26.3. The summed E-state index contributed by atoms with van der Waals surface area (Å²) in [5.74, 6) is 1.95. The fourth-order valence-corrected chi connectivity index (χ4v) is 4.73. The average molecular weight is 613 g/mol. The van der Waals surface area contributed by atoms with E-state index in [2.05, 4.69) is 38.3 Å². The maximum absolute atomic E-state index is 13.7. The van der Waals surface area contributed by atoms with Crippen LogP contribution in [0.2, 0.25) is 0 Å². The molecule has 9 N–H and O–H groups in total. The maximum atomic E-state index is 13.7. The molecule has 0 aliphatic heterocycles. The lowest BCUT2D eigenvalue weighted by molar-refractivity contribution is -0.140. The molecule has 2 rings (SSSR count). The molecule has 13 heteroatoms. The van der Waals surface area contributed by atoms with Crippen LogP contribution in [0.25, 0.3) is 0 Å². The molecule has 1 aromatic carbocycles. The highest BCUT2D eigenvalue weighted by atomic mass is 16.2. The van der Waals surface area contributed by atoms with E-state index in [1.807, 2.05) is 52.0 Å². The first-order valence-electron chi connectivity index (χ1n) is 15.1. The van der Waals surface area contributed by atoms with Gasteiger partial charge < -0.3 is 26.7 Å². The van der Waals surface area contributed by atoms with E-state index < -0.39 is 59.9 Å². The number of H-pyrrole nitrogens is 1. The van der Waals surface area contributed by atoms with Gasteiger partial charge in [0.25, 0.3) is 0 Å². The minimum atomic E-state index is -1.40. The molecule has 1 aromatic heterocycles. The van der Waals surface area contributed by atoms with Gasteiger partial charge in [0.1, 0.15) is 12.1 Å². The Hall–Kier alpha value is -3.94. The summed E-state index contributed by atoms with van der Waals surface area (Å²) in [5, 5.41) is 8.31. The molecule has 1 heterocycles. The molecular weight excluding hydrogens is 564 g/mol. The number of aromatic amines is 1. The first-order valence-corrected chi connectivity index (χ1v) is 15.1. The molecular formula is C31H48N8O5. The van der Waals surface area contributed by atoms with Gasteiger partial charge >= 0.3 is 0 Å². The fourth-order valence-electron chi connectivity index (χ4n) is 4.73. The Bertz CT molecular complexity index is 1230. The van der Waals surface area contributed by atoms with Gasteiger partial charge in [0, 0.05) is 24.9 Å². The van der Waals surface area contributed by atoms with Crippen LogP contribution >= 0.6 is 0 Å². The summed E-state index contributed by atoms with van der Waals surface area (Å²) < 4.78 is 0. The number of hydrazine groups is 1. The van der Waals surface area contributed by atoms with Crippen LogP contribution in [0.1, 0.15) is 70.7 Å². The molecule has 2 aromatic rings. The Morgan fingerprint density at radius 2 is 1.36 bits per heavy atom. The summed E-state index contributed by atoms with van der Waals surface area (Å²) in [6, 6.07) is 3.66. The molecule has 0 bridgehead atoms. The predicted molar refractivity (Wildman–Crippen MR) is 166 cm³/mol. The zero-order chi connectivity index (χ0) is 32.8. The maximum Gasteiger partial charge on any atom is 0.243 e. The largest absolute Gasteiger partial charge is 0.370 e. The summed E-state index contributed by atoms with van der Waals surface area (Å²) in [6.07, 6.45) is 3.98. The Labute approximate surface area is 259 Å². The minimum Gasteiger partial charge on any atom is -0.370 e. The van der Waals surface area contributed by atoms with Crippen molar-refractivity contribution in [3.8, 4) is 0 Å². The van der Waals surface area contributed by atoms with Crippen molar-refractivity contribution in [3.05, 3.63) is 53.6 Å². The van der Waals surface area contributed by atoms with Gasteiger partial charge in [-0.1, -0.05) is 58.9 Å². The number of carbonyl (C=O) groups is 5. The number of benzene rings is 1. The first kappa shape index (κ1) is 36.3. The highest BCUT2D eigenvalue weighted by Crippen LogP contribution is 2.12. The lowest BCUT2D eigenvalue weighted by Gasteiger charge is -2.25. The van der Waals surface area contributed by atoms with Gasteiger partial charge in [0.15, 0.2) is 0 Å². The minimum absolute atomic E-state index is 0.0687. The third-order valence-electron chi connectivity index (χ3n) is 7.13. The molecule has 1 unspecified atom stereocenters. The van der Waals surface area contributed by atoms with E-state index in [1.165, 1.54) is 18.1 Å². The van der Waals surface area contributed by atoms with E-state index in [-0.39, 0.29) is 18.3 Å². The van der Waals surface area contributed by atoms with Gasteiger partial charge in [-0.2, -0.15) is 0 Å². The van der Waals surface area contributed by atoms with Crippen LogP contribution in [-0.2, 0) is 43.4 Å². The van der Waals surface area contributed by atoms with Gasteiger partial charge in [-0.3, -0.25) is 29.8 Å². The highest BCUT2D eigenvalue weighted by Gasteiger charge is 2.35. The van der Waals surface area contributed by atoms with E-state index >= 15 is 0 Å². The number of amides is 3. The Morgan fingerprint density at radius 1 is 0.818 bits per heavy atom. The molecule has 0 aliphatic rings. The lowest BCUT2D eigenvalue weighted by atomic mass is 9.93. The zero-order valence-corrected chi connectivity index (χ0v) is 26.3. The van der Waals surface area contributed by atoms with Crippen molar-refractivity contribution in [2.45, 2.75) is 97.4 Å². The van der Waals surface area contributed by atoms with Gasteiger partial charge in [-0.05, 0) is 42.2 Å². The van der Waals surface area contributed by atoms with Gasteiger partial charge in [0.05, 0.1) is 24.8 Å². The molecule has 0 radical (unpaired) electrons. The lowest BCUT2D eigenvalue weighted by Crippen LogP contribution is -2.58. The van der Waals surface area contributed by atoms with Gasteiger partial charge in [-0.15, -0.1) is 0 Å². The van der Waals surface area contributed by atoms with E-state index in [0.717, 1.165) is 12.0 Å². The molecule has 44 heavy (non-hydrogen) atoms. The van der Waals surface area contributed by atoms with E-state index in [9.17, 15) is 24.0 Å². The third-order valence-corrected chi connectivity index (χ3v) is 7.13. The van der Waals surface area contributed by atoms with Crippen LogP contribution < -0.4 is 33.0 Å². The summed E-state index contributed by atoms with van der Waals surface area (Å²) in [7, 11) is 0. The molecule has 4 atom stereocenters. The highest BCUT2D eigenvalue weighted by molar-refractivity contribution is 6.41. The number of nitrogens with two attached hydrogens (primary N) is 2. The number of rotatable bonds is 20. The van der Waals surface area contributed by atoms with Crippen LogP contribution in [-0.4, -0.2) is 63.4 Å². The van der Waals surface area contributed by atoms with Crippen LogP contribution in [0.4, 0.5) is 0 Å². The molecule has 0 saturated carbocycles. The Morgan fingerprint density at radius 3 is 1.89 bits per heavy atom. The molecule has 0 saturated heterocycles. The third kappa shape index (κ3) is 12.0. The summed E-state index contributed by atoms with van der Waals surface area (Å²) >= 11 is 0. The average Bonchev–Trinajstić information content (AvgIpc) is 3.49. The molecule has 13 nitrogen and oxygen atoms in total. The molecule has 0 spiro atoms. The monoisotopic (exact) mass is 612 g/mol. The standard InChI is InChI=1S/C31H48N8O5/c1-6-20-7-9-21(10-8-20)15-35-23(11-18(2)3)28(41)29(42)24(13-22-16-34-17-36-22)37-30(43)25(14-27(32)40)38-31(44)26(39-33)12-19(4)5/h7-10,16-19,23-26,35,39H,6,11-15,33H2,1-5H3,(H2,32,40)(H,34,36)(H,37,43)(H,38,44)/t23-,24-,25?,26-/m0/s1. The second-order valence-electron chi connectivity index (χ2n) is 11.9. The van der Waals surface area contributed by atoms with Gasteiger partial charge in [-0.25, -0.2) is 10.4 Å². The normalized spacial score (nSPS) is 14.1. The number of primary amides is 1. The van der Waals surface area contributed by atoms with Crippen LogP contribution in [0, 0.1) is 11.8 Å². The second-order valence-corrected chi connectivity index (χ2v) is 11.9. The first-order chi connectivity index (χ1) is 20.8. The van der Waals surface area contributed by atoms with E-state index in [1.54, 1.807) is 0 Å². The van der Waals surface area contributed by atoms with Crippen molar-refractivity contribution in [2.75, 3.05) is 0 Å². The summed E-state index contributed by atoms with van der Waals surface area (Å²) in [5.41, 5.74) is 10.4. The van der Waals surface area contributed by atoms with Crippen molar-refractivity contribution in [3.63, 3.8) is 0 Å². The number of hydrogen-bond donors (Lipinski definition) is 7. The van der Waals surface area contributed by atoms with Gasteiger partial charge in [0.2, 0.25) is 29.3 Å². The Balaban J connectivity index is 2.28. The fraction of sp³-hybridized carbons (Fsp3) is 0.548. The number of ketones is 2. The number of nitrogens with one attached hydrogen (secondary N) is 5. The number of nitrogens with zero attached hydrogens (tertiary/aromatic N) is 1. The number of imidazole rings is 1. The van der Waals surface area contributed by atoms with Crippen molar-refractivity contribution >= 4 is 29.3 Å². The summed E-state index contributed by atoms with van der Waals surface area (Å²) in [4.78, 5) is 72.3. The van der Waals surface area contributed by atoms with E-state index in [4.69, 9.17) is 11.6 Å². The number of carbonyl (C=O) groups excluding carboxylic acids is 5. The number of Topliss-reactive ketones (excluding diaryl/α,β-unsaturated/α-hetero) is 2. The SMILES string of the molecule is CCc1ccc(CN[C@@H](CC(C)C)C(=O)C(=O)[C@H](Cc2cnc[nH]2)NC(=O)C(CC(N)=O)NC(=O)[C@H](CC(C)C)NN)cc1. The summed E-state index contributed by atoms with van der Waals surface area (Å²) in [6.45, 7) is 10.1. The van der Waals surface area contributed by atoms with Crippen molar-refractivity contribution in [2.24, 2.45) is 23.4 Å². The quantitative estimate of drug-likeness (QED) is 0.0632. The molecule has 3 amide bonds.